The molecule has 1 aromatic carbocycles. The molecule has 0 aliphatic carbocycles. The summed E-state index contributed by atoms with van der Waals surface area (Å²) >= 11 is 0. The molecule has 0 aromatic heterocycles. The van der Waals surface area contributed by atoms with Crippen molar-refractivity contribution in [3.63, 3.8) is 0 Å². The van der Waals surface area contributed by atoms with E-state index in [0.29, 0.717) is 11.4 Å². The van der Waals surface area contributed by atoms with Gasteiger partial charge in [-0.25, -0.2) is 4.39 Å². The van der Waals surface area contributed by atoms with E-state index in [9.17, 15) is 9.50 Å². The highest BCUT2D eigenvalue weighted by Crippen LogP contribution is 2.37. The Bertz CT molecular complexity index is 571. The van der Waals surface area contributed by atoms with Crippen LogP contribution in [0.4, 0.5) is 15.8 Å². The van der Waals surface area contributed by atoms with Crippen molar-refractivity contribution < 1.29 is 9.50 Å². The minimum atomic E-state index is -0.989. The smallest absolute Gasteiger partial charge is 0.150 e. The highest BCUT2D eigenvalue weighted by atomic mass is 19.1. The SMILES string of the molecule is C=Cc1cc2c(c(C#N)c1F)N(CC(C)(C)O)NN2. The van der Waals surface area contributed by atoms with Gasteiger partial charge in [-0.05, 0) is 19.9 Å². The molecule has 1 aromatic rings. The molecule has 0 unspecified atom stereocenters. The van der Waals surface area contributed by atoms with Crippen LogP contribution in [0.2, 0.25) is 0 Å². The summed E-state index contributed by atoms with van der Waals surface area (Å²) in [6, 6.07) is 3.43. The molecule has 1 aliphatic rings. The number of β-amino-alcohol motifs (C(OH)–C–C–N with tert-alkyl or cyclic N) is 1. The second-order valence-corrected chi connectivity index (χ2v) is 5.00. The van der Waals surface area contributed by atoms with E-state index in [4.69, 9.17) is 5.26 Å². The lowest BCUT2D eigenvalue weighted by Crippen LogP contribution is -2.45. The van der Waals surface area contributed by atoms with Crippen LogP contribution in [-0.2, 0) is 0 Å². The summed E-state index contributed by atoms with van der Waals surface area (Å²) in [6.07, 6.45) is 1.36. The first-order valence-electron chi connectivity index (χ1n) is 5.78. The van der Waals surface area contributed by atoms with Crippen LogP contribution in [0.5, 0.6) is 0 Å². The average molecular weight is 262 g/mol. The molecule has 0 bridgehead atoms. The molecule has 100 valence electrons. The van der Waals surface area contributed by atoms with Crippen LogP contribution in [0, 0.1) is 17.1 Å². The Kier molecular flexibility index (Phi) is 3.18. The predicted octanol–water partition coefficient (Wildman–Crippen LogP) is 1.76. The summed E-state index contributed by atoms with van der Waals surface area (Å²) < 4.78 is 14.1. The van der Waals surface area contributed by atoms with Gasteiger partial charge in [0.1, 0.15) is 17.4 Å². The number of halogens is 1. The van der Waals surface area contributed by atoms with Crippen molar-refractivity contribution in [2.24, 2.45) is 0 Å². The molecule has 0 atom stereocenters. The molecule has 2 rings (SSSR count). The molecule has 0 amide bonds. The highest BCUT2D eigenvalue weighted by molar-refractivity contribution is 5.82. The van der Waals surface area contributed by atoms with Gasteiger partial charge in [-0.15, -0.1) is 5.53 Å². The standard InChI is InChI=1S/C13H15FN4O/c1-4-8-5-10-12(9(6-15)11(8)14)18(17-16-10)7-13(2,3)19/h4-5,16-17,19H,1,7H2,2-3H3. The fourth-order valence-corrected chi connectivity index (χ4v) is 1.99. The predicted molar refractivity (Wildman–Crippen MR) is 71.6 cm³/mol. The van der Waals surface area contributed by atoms with Gasteiger partial charge in [0.2, 0.25) is 0 Å². The van der Waals surface area contributed by atoms with Crippen LogP contribution in [0.3, 0.4) is 0 Å². The van der Waals surface area contributed by atoms with Gasteiger partial charge >= 0.3 is 0 Å². The van der Waals surface area contributed by atoms with Crippen molar-refractivity contribution >= 4 is 17.5 Å². The van der Waals surface area contributed by atoms with E-state index in [1.807, 2.05) is 6.07 Å². The molecule has 5 nitrogen and oxygen atoms in total. The molecule has 0 saturated carbocycles. The Hall–Kier alpha value is -2.10. The van der Waals surface area contributed by atoms with Gasteiger partial charge in [0.25, 0.3) is 0 Å². The van der Waals surface area contributed by atoms with Gasteiger partial charge in [0.05, 0.1) is 23.5 Å². The summed E-state index contributed by atoms with van der Waals surface area (Å²) in [5.41, 5.74) is 5.82. The monoisotopic (exact) mass is 262 g/mol. The molecule has 0 radical (unpaired) electrons. The second-order valence-electron chi connectivity index (χ2n) is 5.00. The zero-order valence-electron chi connectivity index (χ0n) is 10.8. The maximum absolute atomic E-state index is 14.1. The lowest BCUT2D eigenvalue weighted by molar-refractivity contribution is 0.0857. The van der Waals surface area contributed by atoms with Gasteiger partial charge in [0.15, 0.2) is 0 Å². The van der Waals surface area contributed by atoms with Gasteiger partial charge in [-0.2, -0.15) is 5.26 Å². The summed E-state index contributed by atoms with van der Waals surface area (Å²) in [6.45, 7) is 6.99. The third-order valence-electron chi connectivity index (χ3n) is 2.74. The number of fused-ring (bicyclic) bond motifs is 1. The summed E-state index contributed by atoms with van der Waals surface area (Å²) in [7, 11) is 0. The van der Waals surface area contributed by atoms with E-state index in [1.54, 1.807) is 19.9 Å². The van der Waals surface area contributed by atoms with Crippen molar-refractivity contribution in [1.82, 2.24) is 5.53 Å². The van der Waals surface area contributed by atoms with Crippen molar-refractivity contribution in [3.8, 4) is 6.07 Å². The van der Waals surface area contributed by atoms with Crippen LogP contribution in [-0.4, -0.2) is 17.3 Å². The molecule has 0 saturated heterocycles. The third kappa shape index (κ3) is 2.38. The zero-order chi connectivity index (χ0) is 14.2. The molecule has 1 heterocycles. The van der Waals surface area contributed by atoms with E-state index in [-0.39, 0.29) is 17.7 Å². The number of rotatable bonds is 3. The highest BCUT2D eigenvalue weighted by Gasteiger charge is 2.29. The Morgan fingerprint density at radius 1 is 1.63 bits per heavy atom. The third-order valence-corrected chi connectivity index (χ3v) is 2.74. The normalized spacial score (nSPS) is 13.7. The van der Waals surface area contributed by atoms with Crippen LogP contribution >= 0.6 is 0 Å². The maximum atomic E-state index is 14.1. The van der Waals surface area contributed by atoms with Crippen LogP contribution in [0.25, 0.3) is 6.08 Å². The molecular weight excluding hydrogens is 247 g/mol. The molecule has 3 N–H and O–H groups in total. The fourth-order valence-electron chi connectivity index (χ4n) is 1.99. The number of hydrogen-bond donors (Lipinski definition) is 3. The van der Waals surface area contributed by atoms with Gasteiger partial charge in [-0.3, -0.25) is 5.01 Å². The van der Waals surface area contributed by atoms with E-state index >= 15 is 0 Å². The van der Waals surface area contributed by atoms with E-state index < -0.39 is 11.4 Å². The number of nitrogens with zero attached hydrogens (tertiary/aromatic N) is 2. The summed E-state index contributed by atoms with van der Waals surface area (Å²) in [5, 5.41) is 20.5. The number of hydrazine groups is 2. The molecule has 19 heavy (non-hydrogen) atoms. The summed E-state index contributed by atoms with van der Waals surface area (Å²) in [5.74, 6) is -0.609. The van der Waals surface area contributed by atoms with Crippen molar-refractivity contribution in [1.29, 1.82) is 5.26 Å². The largest absolute Gasteiger partial charge is 0.389 e. The summed E-state index contributed by atoms with van der Waals surface area (Å²) in [4.78, 5) is 0. The minimum absolute atomic E-state index is 0.0749. The average Bonchev–Trinajstić information content (AvgIpc) is 2.69. The Morgan fingerprint density at radius 2 is 2.32 bits per heavy atom. The number of hydrogen-bond acceptors (Lipinski definition) is 5. The number of aliphatic hydroxyl groups is 1. The Labute approximate surface area is 110 Å². The Morgan fingerprint density at radius 3 is 2.84 bits per heavy atom. The first-order chi connectivity index (χ1) is 8.87. The minimum Gasteiger partial charge on any atom is -0.389 e. The number of nitriles is 1. The quantitative estimate of drug-likeness (QED) is 0.774. The topological polar surface area (TPSA) is 71.3 Å². The molecular formula is C13H15FN4O. The molecule has 1 aliphatic heterocycles. The number of benzene rings is 1. The first-order valence-corrected chi connectivity index (χ1v) is 5.78. The zero-order valence-corrected chi connectivity index (χ0v) is 10.8. The molecule has 0 spiro atoms. The van der Waals surface area contributed by atoms with E-state index in [0.717, 1.165) is 0 Å². The van der Waals surface area contributed by atoms with Gasteiger partial charge in [-0.1, -0.05) is 12.7 Å². The maximum Gasteiger partial charge on any atom is 0.150 e. The fraction of sp³-hybridized carbons (Fsp3) is 0.308. The molecule has 0 fully saturated rings. The van der Waals surface area contributed by atoms with Gasteiger partial charge in [0, 0.05) is 5.56 Å². The van der Waals surface area contributed by atoms with Crippen molar-refractivity contribution in [3.05, 3.63) is 29.6 Å². The van der Waals surface area contributed by atoms with Crippen molar-refractivity contribution in [2.45, 2.75) is 19.4 Å². The van der Waals surface area contributed by atoms with Crippen LogP contribution < -0.4 is 16.0 Å². The number of nitrogens with one attached hydrogen (secondary N) is 2. The van der Waals surface area contributed by atoms with Crippen molar-refractivity contribution in [2.75, 3.05) is 17.0 Å². The van der Waals surface area contributed by atoms with Crippen LogP contribution in [0.15, 0.2) is 12.6 Å². The Balaban J connectivity index is 2.54. The second kappa shape index (κ2) is 4.53. The molecule has 6 heteroatoms. The van der Waals surface area contributed by atoms with E-state index in [1.165, 1.54) is 11.1 Å². The first kappa shape index (κ1) is 13.3. The van der Waals surface area contributed by atoms with Crippen LogP contribution in [0.1, 0.15) is 25.0 Å². The van der Waals surface area contributed by atoms with E-state index in [2.05, 4.69) is 17.5 Å². The lowest BCUT2D eigenvalue weighted by atomic mass is 10.0. The lowest BCUT2D eigenvalue weighted by Gasteiger charge is -2.26. The van der Waals surface area contributed by atoms with Gasteiger partial charge < -0.3 is 10.5 Å². The number of anilines is 2.